The molecule has 0 bridgehead atoms. The fraction of sp³-hybridized carbons (Fsp3) is 0.500. The van der Waals surface area contributed by atoms with Crippen LogP contribution in [0.4, 0.5) is 0 Å². The molecule has 0 heterocycles. The first kappa shape index (κ1) is 23.1. The zero-order valence-corrected chi connectivity index (χ0v) is 17.2. The Balaban J connectivity index is 2.40. The summed E-state index contributed by atoms with van der Waals surface area (Å²) in [6.07, 6.45) is 0. The van der Waals surface area contributed by atoms with Crippen molar-refractivity contribution in [2.75, 3.05) is 39.8 Å². The monoisotopic (exact) mass is 391 g/mol. The molecule has 0 spiro atoms. The quantitative estimate of drug-likeness (QED) is 0.631. The Labute approximate surface area is 165 Å². The topological polar surface area (TPSA) is 96.0 Å². The Bertz CT molecular complexity index is 729. The maximum absolute atomic E-state index is 12.1. The van der Waals surface area contributed by atoms with Crippen molar-refractivity contribution in [2.45, 2.75) is 27.7 Å². The van der Waals surface area contributed by atoms with Gasteiger partial charge in [-0.1, -0.05) is 6.07 Å². The van der Waals surface area contributed by atoms with Crippen molar-refractivity contribution in [1.82, 2.24) is 15.1 Å². The Morgan fingerprint density at radius 2 is 1.64 bits per heavy atom. The highest BCUT2D eigenvalue weighted by molar-refractivity contribution is 5.96. The lowest BCUT2D eigenvalue weighted by molar-refractivity contribution is -0.151. The van der Waals surface area contributed by atoms with E-state index < -0.39 is 24.4 Å². The van der Waals surface area contributed by atoms with Crippen molar-refractivity contribution >= 4 is 23.7 Å². The molecular formula is C20H29N3O5. The van der Waals surface area contributed by atoms with Gasteiger partial charge in [0.1, 0.15) is 6.54 Å². The largest absolute Gasteiger partial charge is 0.454 e. The highest BCUT2D eigenvalue weighted by atomic mass is 16.5. The Morgan fingerprint density at radius 1 is 1.00 bits per heavy atom. The molecule has 0 saturated heterocycles. The molecule has 0 radical (unpaired) electrons. The third kappa shape index (κ3) is 7.02. The van der Waals surface area contributed by atoms with Gasteiger partial charge < -0.3 is 19.9 Å². The number of hydrogen-bond acceptors (Lipinski definition) is 5. The minimum atomic E-state index is -0.728. The number of nitrogens with zero attached hydrogens (tertiary/aromatic N) is 2. The lowest BCUT2D eigenvalue weighted by Gasteiger charge is -2.23. The van der Waals surface area contributed by atoms with Crippen LogP contribution in [-0.4, -0.2) is 73.3 Å². The molecule has 0 fully saturated rings. The Kier molecular flexibility index (Phi) is 9.14. The van der Waals surface area contributed by atoms with Crippen LogP contribution in [0.3, 0.4) is 0 Å². The van der Waals surface area contributed by atoms with E-state index in [-0.39, 0.29) is 19.0 Å². The van der Waals surface area contributed by atoms with E-state index in [0.717, 1.165) is 11.1 Å². The van der Waals surface area contributed by atoms with Gasteiger partial charge in [-0.3, -0.25) is 19.2 Å². The van der Waals surface area contributed by atoms with E-state index in [1.165, 1.54) is 11.9 Å². The number of carbonyl (C=O) groups excluding carboxylic acids is 4. The van der Waals surface area contributed by atoms with Gasteiger partial charge in [0.25, 0.3) is 11.8 Å². The molecule has 0 aliphatic heterocycles. The zero-order chi connectivity index (χ0) is 21.3. The molecule has 154 valence electrons. The van der Waals surface area contributed by atoms with Crippen molar-refractivity contribution in [3.63, 3.8) is 0 Å². The van der Waals surface area contributed by atoms with Gasteiger partial charge >= 0.3 is 5.97 Å². The number of amides is 3. The van der Waals surface area contributed by atoms with Gasteiger partial charge in [-0.05, 0) is 51.0 Å². The molecule has 0 unspecified atom stereocenters. The summed E-state index contributed by atoms with van der Waals surface area (Å²) in [5.74, 6) is -1.79. The molecule has 0 aliphatic rings. The molecule has 1 aromatic rings. The number of rotatable bonds is 9. The number of likely N-dealkylation sites (N-methyl/N-ethyl adjacent to an activating group) is 2. The van der Waals surface area contributed by atoms with Crippen LogP contribution in [0.1, 0.15) is 35.3 Å². The first-order valence-corrected chi connectivity index (χ1v) is 9.22. The molecule has 1 N–H and O–H groups in total. The smallest absolute Gasteiger partial charge is 0.325 e. The first-order valence-electron chi connectivity index (χ1n) is 9.22. The molecule has 8 nitrogen and oxygen atoms in total. The fourth-order valence-electron chi connectivity index (χ4n) is 2.41. The summed E-state index contributed by atoms with van der Waals surface area (Å²) < 4.78 is 4.88. The number of ether oxygens (including phenoxy) is 1. The maximum atomic E-state index is 12.1. The summed E-state index contributed by atoms with van der Waals surface area (Å²) in [6, 6.07) is 5.24. The van der Waals surface area contributed by atoms with Gasteiger partial charge in [-0.2, -0.15) is 0 Å². The molecule has 0 aliphatic carbocycles. The standard InChI is InChI=1S/C20H29N3O5/c1-6-23(7-2)17(24)12-22(5)18(25)13-28-19(26)11-21-20(27)16-9-8-14(3)15(4)10-16/h8-10H,6-7,11-13H2,1-5H3,(H,21,27). The third-order valence-electron chi connectivity index (χ3n) is 4.43. The van der Waals surface area contributed by atoms with Crippen molar-refractivity contribution in [2.24, 2.45) is 0 Å². The third-order valence-corrected chi connectivity index (χ3v) is 4.43. The number of hydrogen-bond donors (Lipinski definition) is 1. The lowest BCUT2D eigenvalue weighted by atomic mass is 10.1. The Morgan fingerprint density at radius 3 is 2.21 bits per heavy atom. The van der Waals surface area contributed by atoms with Crippen molar-refractivity contribution in [1.29, 1.82) is 0 Å². The summed E-state index contributed by atoms with van der Waals surface area (Å²) in [7, 11) is 1.47. The predicted molar refractivity (Wildman–Crippen MR) is 105 cm³/mol. The van der Waals surface area contributed by atoms with Crippen LogP contribution in [0.5, 0.6) is 0 Å². The van der Waals surface area contributed by atoms with E-state index in [4.69, 9.17) is 4.74 Å². The van der Waals surface area contributed by atoms with E-state index in [9.17, 15) is 19.2 Å². The summed E-state index contributed by atoms with van der Waals surface area (Å²) in [6.45, 7) is 7.77. The molecule has 8 heteroatoms. The second kappa shape index (κ2) is 11.1. The zero-order valence-electron chi connectivity index (χ0n) is 17.2. The summed E-state index contributed by atoms with van der Waals surface area (Å²) >= 11 is 0. The van der Waals surface area contributed by atoms with Gasteiger partial charge in [-0.25, -0.2) is 0 Å². The average molecular weight is 391 g/mol. The number of nitrogens with one attached hydrogen (secondary N) is 1. The van der Waals surface area contributed by atoms with E-state index in [1.807, 2.05) is 33.8 Å². The summed E-state index contributed by atoms with van der Waals surface area (Å²) in [5.41, 5.74) is 2.49. The van der Waals surface area contributed by atoms with E-state index in [0.29, 0.717) is 18.7 Å². The number of esters is 1. The number of benzene rings is 1. The van der Waals surface area contributed by atoms with E-state index in [1.54, 1.807) is 17.0 Å². The van der Waals surface area contributed by atoms with Crippen LogP contribution >= 0.6 is 0 Å². The highest BCUT2D eigenvalue weighted by Gasteiger charge is 2.18. The molecule has 0 aromatic heterocycles. The van der Waals surface area contributed by atoms with Crippen LogP contribution in [-0.2, 0) is 19.1 Å². The fourth-order valence-corrected chi connectivity index (χ4v) is 2.41. The van der Waals surface area contributed by atoms with E-state index >= 15 is 0 Å². The molecule has 0 atom stereocenters. The van der Waals surface area contributed by atoms with Crippen LogP contribution in [0.25, 0.3) is 0 Å². The highest BCUT2D eigenvalue weighted by Crippen LogP contribution is 2.09. The van der Waals surface area contributed by atoms with Crippen LogP contribution in [0.2, 0.25) is 0 Å². The van der Waals surface area contributed by atoms with Crippen molar-refractivity contribution in [3.8, 4) is 0 Å². The number of aryl methyl sites for hydroxylation is 2. The molecule has 1 aromatic carbocycles. The van der Waals surface area contributed by atoms with Crippen LogP contribution < -0.4 is 5.32 Å². The van der Waals surface area contributed by atoms with Gasteiger partial charge in [0.2, 0.25) is 5.91 Å². The molecule has 3 amide bonds. The minimum absolute atomic E-state index is 0.0818. The minimum Gasteiger partial charge on any atom is -0.454 e. The Hall–Kier alpha value is -2.90. The molecular weight excluding hydrogens is 362 g/mol. The van der Waals surface area contributed by atoms with Gasteiger partial charge in [0.15, 0.2) is 6.61 Å². The molecule has 28 heavy (non-hydrogen) atoms. The first-order chi connectivity index (χ1) is 13.2. The average Bonchev–Trinajstić information content (AvgIpc) is 2.67. The summed E-state index contributed by atoms with van der Waals surface area (Å²) in [4.78, 5) is 50.6. The lowest BCUT2D eigenvalue weighted by Crippen LogP contribution is -2.42. The van der Waals surface area contributed by atoms with Crippen LogP contribution in [0, 0.1) is 13.8 Å². The maximum Gasteiger partial charge on any atom is 0.325 e. The van der Waals surface area contributed by atoms with Gasteiger partial charge in [-0.15, -0.1) is 0 Å². The normalized spacial score (nSPS) is 10.2. The second-order valence-electron chi connectivity index (χ2n) is 6.46. The van der Waals surface area contributed by atoms with Crippen molar-refractivity contribution in [3.05, 3.63) is 34.9 Å². The van der Waals surface area contributed by atoms with E-state index in [2.05, 4.69) is 5.32 Å². The SMILES string of the molecule is CCN(CC)C(=O)CN(C)C(=O)COC(=O)CNC(=O)c1ccc(C)c(C)c1. The molecule has 0 saturated carbocycles. The van der Waals surface area contributed by atoms with Crippen molar-refractivity contribution < 1.29 is 23.9 Å². The second-order valence-corrected chi connectivity index (χ2v) is 6.46. The number of carbonyl (C=O) groups is 4. The van der Waals surface area contributed by atoms with Gasteiger partial charge in [0.05, 0.1) is 6.54 Å². The summed E-state index contributed by atoms with van der Waals surface area (Å²) in [5, 5.41) is 2.46. The van der Waals surface area contributed by atoms with Gasteiger partial charge in [0, 0.05) is 25.7 Å². The van der Waals surface area contributed by atoms with Crippen LogP contribution in [0.15, 0.2) is 18.2 Å². The molecule has 1 rings (SSSR count). The predicted octanol–water partition coefficient (Wildman–Crippen LogP) is 0.903.